The van der Waals surface area contributed by atoms with Crippen molar-refractivity contribution in [1.29, 1.82) is 0 Å². The van der Waals surface area contributed by atoms with E-state index in [4.69, 9.17) is 21.1 Å². The van der Waals surface area contributed by atoms with E-state index in [0.29, 0.717) is 62.3 Å². The number of carbonyl (C=O) groups is 2. The highest BCUT2D eigenvalue weighted by Gasteiger charge is 2.24. The van der Waals surface area contributed by atoms with Gasteiger partial charge in [-0.15, -0.1) is 0 Å². The molecule has 26 heavy (non-hydrogen) atoms. The number of methoxy groups -OCH3 is 1. The molecule has 0 aliphatic carbocycles. The van der Waals surface area contributed by atoms with Gasteiger partial charge in [0.2, 0.25) is 5.91 Å². The number of hydrogen-bond acceptors (Lipinski definition) is 4. The van der Waals surface area contributed by atoms with Crippen molar-refractivity contribution in [2.45, 2.75) is 26.7 Å². The van der Waals surface area contributed by atoms with Gasteiger partial charge in [0, 0.05) is 32.6 Å². The largest absolute Gasteiger partial charge is 0.495 e. The average molecular weight is 383 g/mol. The topological polar surface area (TPSA) is 59.1 Å². The molecule has 1 aromatic carbocycles. The van der Waals surface area contributed by atoms with Crippen LogP contribution in [-0.4, -0.2) is 61.7 Å². The highest BCUT2D eigenvalue weighted by Crippen LogP contribution is 2.25. The highest BCUT2D eigenvalue weighted by atomic mass is 35.5. The lowest BCUT2D eigenvalue weighted by molar-refractivity contribution is -0.132. The van der Waals surface area contributed by atoms with E-state index in [9.17, 15) is 9.59 Å². The third-order valence-corrected chi connectivity index (χ3v) is 4.57. The van der Waals surface area contributed by atoms with Crippen LogP contribution in [0.2, 0.25) is 5.02 Å². The minimum atomic E-state index is -0.293. The van der Waals surface area contributed by atoms with E-state index in [1.165, 1.54) is 0 Å². The monoisotopic (exact) mass is 382 g/mol. The van der Waals surface area contributed by atoms with E-state index < -0.39 is 0 Å². The average Bonchev–Trinajstić information content (AvgIpc) is 2.64. The van der Waals surface area contributed by atoms with Crippen molar-refractivity contribution >= 4 is 23.6 Å². The van der Waals surface area contributed by atoms with Crippen LogP contribution in [0.4, 0.5) is 4.79 Å². The van der Waals surface area contributed by atoms with Gasteiger partial charge < -0.3 is 19.3 Å². The molecular weight excluding hydrogens is 356 g/mol. The number of halogens is 1. The molecule has 0 atom stereocenters. The summed E-state index contributed by atoms with van der Waals surface area (Å²) in [6.07, 6.45) is 0.748. The van der Waals surface area contributed by atoms with E-state index in [1.54, 1.807) is 16.9 Å². The first-order chi connectivity index (χ1) is 12.4. The Morgan fingerprint density at radius 3 is 2.38 bits per heavy atom. The number of benzene rings is 1. The van der Waals surface area contributed by atoms with E-state index in [-0.39, 0.29) is 12.0 Å². The molecule has 1 heterocycles. The molecule has 7 heteroatoms. The summed E-state index contributed by atoms with van der Waals surface area (Å²) in [7, 11) is 1.57. The molecule has 1 aromatic rings. The van der Waals surface area contributed by atoms with Gasteiger partial charge in [-0.25, -0.2) is 4.79 Å². The fourth-order valence-corrected chi connectivity index (χ4v) is 3.02. The SMILES string of the molecule is COc1ccc(CCC(=O)N2CCN(C(=O)OCC(C)C)CC2)cc1Cl. The molecule has 0 spiro atoms. The Labute approximate surface area is 160 Å². The fourth-order valence-electron chi connectivity index (χ4n) is 2.74. The van der Waals surface area contributed by atoms with Crippen molar-refractivity contribution in [1.82, 2.24) is 9.80 Å². The number of amides is 2. The normalized spacial score (nSPS) is 14.5. The molecular formula is C19H27ClN2O4. The smallest absolute Gasteiger partial charge is 0.409 e. The Morgan fingerprint density at radius 1 is 1.15 bits per heavy atom. The molecule has 2 rings (SSSR count). The van der Waals surface area contributed by atoms with Crippen molar-refractivity contribution in [3.8, 4) is 5.75 Å². The van der Waals surface area contributed by atoms with Crippen LogP contribution in [0, 0.1) is 5.92 Å². The summed E-state index contributed by atoms with van der Waals surface area (Å²) in [5, 5.41) is 0.547. The van der Waals surface area contributed by atoms with Crippen LogP contribution in [0.3, 0.4) is 0 Å². The molecule has 1 fully saturated rings. The number of hydrogen-bond donors (Lipinski definition) is 0. The predicted molar refractivity (Wildman–Crippen MR) is 101 cm³/mol. The second kappa shape index (κ2) is 9.67. The van der Waals surface area contributed by atoms with Gasteiger partial charge >= 0.3 is 6.09 Å². The molecule has 144 valence electrons. The molecule has 0 unspecified atom stereocenters. The lowest BCUT2D eigenvalue weighted by atomic mass is 10.1. The maximum Gasteiger partial charge on any atom is 0.409 e. The van der Waals surface area contributed by atoms with Gasteiger partial charge in [-0.2, -0.15) is 0 Å². The zero-order valence-electron chi connectivity index (χ0n) is 15.7. The fraction of sp³-hybridized carbons (Fsp3) is 0.579. The van der Waals surface area contributed by atoms with Crippen molar-refractivity contribution in [2.24, 2.45) is 5.92 Å². The Hall–Kier alpha value is -1.95. The first-order valence-corrected chi connectivity index (χ1v) is 9.30. The van der Waals surface area contributed by atoms with Gasteiger partial charge in [0.15, 0.2) is 0 Å². The molecule has 0 aromatic heterocycles. The van der Waals surface area contributed by atoms with Gasteiger partial charge in [0.25, 0.3) is 0 Å². The van der Waals surface area contributed by atoms with Crippen molar-refractivity contribution < 1.29 is 19.1 Å². The van der Waals surface area contributed by atoms with Gasteiger partial charge in [0.05, 0.1) is 18.7 Å². The van der Waals surface area contributed by atoms with Crippen molar-refractivity contribution in [3.63, 3.8) is 0 Å². The number of nitrogens with zero attached hydrogens (tertiary/aromatic N) is 2. The minimum Gasteiger partial charge on any atom is -0.495 e. The highest BCUT2D eigenvalue weighted by molar-refractivity contribution is 6.32. The van der Waals surface area contributed by atoms with Crippen molar-refractivity contribution in [2.75, 3.05) is 39.9 Å². The maximum absolute atomic E-state index is 12.4. The summed E-state index contributed by atoms with van der Waals surface area (Å²) < 4.78 is 10.4. The number of aryl methyl sites for hydroxylation is 1. The predicted octanol–water partition coefficient (Wildman–Crippen LogP) is 3.22. The molecule has 0 radical (unpaired) electrons. The Balaban J connectivity index is 1.76. The third-order valence-electron chi connectivity index (χ3n) is 4.27. The van der Waals surface area contributed by atoms with E-state index >= 15 is 0 Å². The first kappa shape index (κ1) is 20.4. The van der Waals surface area contributed by atoms with Crippen LogP contribution in [0.5, 0.6) is 5.75 Å². The van der Waals surface area contributed by atoms with Crippen LogP contribution < -0.4 is 4.74 Å². The van der Waals surface area contributed by atoms with Crippen LogP contribution in [0.15, 0.2) is 18.2 Å². The van der Waals surface area contributed by atoms with Crippen LogP contribution >= 0.6 is 11.6 Å². The summed E-state index contributed by atoms with van der Waals surface area (Å²) >= 11 is 6.11. The van der Waals surface area contributed by atoms with E-state index in [0.717, 1.165) is 5.56 Å². The lowest BCUT2D eigenvalue weighted by Gasteiger charge is -2.34. The molecule has 1 aliphatic rings. The third kappa shape index (κ3) is 5.80. The van der Waals surface area contributed by atoms with E-state index in [2.05, 4.69) is 0 Å². The summed E-state index contributed by atoms with van der Waals surface area (Å²) in [5.74, 6) is 1.03. The standard InChI is InChI=1S/C19H27ClN2O4/c1-14(2)13-26-19(24)22-10-8-21(9-11-22)18(23)7-5-15-4-6-17(25-3)16(20)12-15/h4,6,12,14H,5,7-11,13H2,1-3H3. The second-order valence-corrected chi connectivity index (χ2v) is 7.21. The first-order valence-electron chi connectivity index (χ1n) is 8.92. The molecule has 0 saturated carbocycles. The molecule has 0 N–H and O–H groups in total. The maximum atomic E-state index is 12.4. The summed E-state index contributed by atoms with van der Waals surface area (Å²) in [6.45, 7) is 6.52. The van der Waals surface area contributed by atoms with Crippen molar-refractivity contribution in [3.05, 3.63) is 28.8 Å². The van der Waals surface area contributed by atoms with Gasteiger partial charge in [-0.05, 0) is 30.0 Å². The summed E-state index contributed by atoms with van der Waals surface area (Å²) in [6, 6.07) is 5.56. The number of carbonyl (C=O) groups excluding carboxylic acids is 2. The Kier molecular flexibility index (Phi) is 7.57. The van der Waals surface area contributed by atoms with Gasteiger partial charge in [-0.1, -0.05) is 31.5 Å². The lowest BCUT2D eigenvalue weighted by Crippen LogP contribution is -2.50. The van der Waals surface area contributed by atoms with Crippen LogP contribution in [0.25, 0.3) is 0 Å². The molecule has 1 aliphatic heterocycles. The number of rotatable bonds is 6. The second-order valence-electron chi connectivity index (χ2n) is 6.81. The minimum absolute atomic E-state index is 0.0899. The van der Waals surface area contributed by atoms with Gasteiger partial charge in [0.1, 0.15) is 5.75 Å². The van der Waals surface area contributed by atoms with Crippen LogP contribution in [-0.2, 0) is 16.0 Å². The molecule has 0 bridgehead atoms. The molecule has 6 nitrogen and oxygen atoms in total. The zero-order valence-corrected chi connectivity index (χ0v) is 16.4. The van der Waals surface area contributed by atoms with E-state index in [1.807, 2.05) is 32.0 Å². The Morgan fingerprint density at radius 2 is 1.81 bits per heavy atom. The summed E-state index contributed by atoms with van der Waals surface area (Å²) in [4.78, 5) is 27.8. The van der Waals surface area contributed by atoms with Crippen LogP contribution in [0.1, 0.15) is 25.8 Å². The number of piperazine rings is 1. The molecule has 2 amide bonds. The zero-order chi connectivity index (χ0) is 19.1. The van der Waals surface area contributed by atoms with Gasteiger partial charge in [-0.3, -0.25) is 4.79 Å². The summed E-state index contributed by atoms with van der Waals surface area (Å²) in [5.41, 5.74) is 1.00. The quantitative estimate of drug-likeness (QED) is 0.758. The number of ether oxygens (including phenoxy) is 2. The molecule has 1 saturated heterocycles. The Bertz CT molecular complexity index is 628.